The van der Waals surface area contributed by atoms with E-state index in [-0.39, 0.29) is 6.42 Å². The molecular weight excluding hydrogens is 188 g/mol. The number of carbonyl (C=O) groups excluding carboxylic acids is 1. The van der Waals surface area contributed by atoms with E-state index in [1.165, 1.54) is 44.9 Å². The second kappa shape index (κ2) is 11.3. The fraction of sp³-hybridized carbons (Fsp3) is 0.769. The van der Waals surface area contributed by atoms with Gasteiger partial charge in [-0.3, -0.25) is 0 Å². The average molecular weight is 211 g/mol. The van der Waals surface area contributed by atoms with Gasteiger partial charge in [0.2, 0.25) is 0 Å². The zero-order valence-corrected chi connectivity index (χ0v) is 9.84. The molecule has 0 atom stereocenters. The number of carbonyl (C=O) groups is 1. The molecule has 0 aliphatic heterocycles. The molecule has 0 unspecified atom stereocenters. The second-order valence-electron chi connectivity index (χ2n) is 3.96. The van der Waals surface area contributed by atoms with Gasteiger partial charge in [0.25, 0.3) is 0 Å². The topological polar surface area (TPSA) is 37.0 Å². The van der Waals surface area contributed by atoms with Crippen LogP contribution < -0.4 is 0 Å². The van der Waals surface area contributed by atoms with Gasteiger partial charge in [0, 0.05) is 0 Å². The summed E-state index contributed by atoms with van der Waals surface area (Å²) in [7, 11) is 0. The predicted molar refractivity (Wildman–Crippen MR) is 62.1 cm³/mol. The van der Waals surface area contributed by atoms with Crippen molar-refractivity contribution in [1.29, 1.82) is 0 Å². The Kier molecular flexibility index (Phi) is 10.7. The molecule has 0 spiro atoms. The van der Waals surface area contributed by atoms with Crippen molar-refractivity contribution in [3.8, 4) is 0 Å². The molecule has 0 amide bonds. The molecule has 15 heavy (non-hydrogen) atoms. The molecule has 0 aliphatic carbocycles. The quantitative estimate of drug-likeness (QED) is 0.397. The highest BCUT2D eigenvalue weighted by Crippen LogP contribution is 2.08. The van der Waals surface area contributed by atoms with Crippen molar-refractivity contribution in [3.05, 3.63) is 12.2 Å². The van der Waals surface area contributed by atoms with Gasteiger partial charge in [0.1, 0.15) is 0 Å². The highest BCUT2D eigenvalue weighted by Gasteiger charge is 1.92. The Bertz CT molecular complexity index is 173. The van der Waals surface area contributed by atoms with Gasteiger partial charge in [0.15, 0.2) is 0 Å². The summed E-state index contributed by atoms with van der Waals surface area (Å²) < 4.78 is 0. The Morgan fingerprint density at radius 2 is 1.53 bits per heavy atom. The maximum Gasteiger partial charge on any atom is 0.359 e. The van der Waals surface area contributed by atoms with E-state index in [0.717, 1.165) is 6.42 Å². The lowest BCUT2D eigenvalue weighted by Gasteiger charge is -1.98. The lowest BCUT2D eigenvalue weighted by atomic mass is 10.1. The summed E-state index contributed by atoms with van der Waals surface area (Å²) in [6.07, 6.45) is 13.8. The third-order valence-electron chi connectivity index (χ3n) is 2.43. The maximum absolute atomic E-state index is 10.1. The van der Waals surface area contributed by atoms with Gasteiger partial charge in [-0.2, -0.15) is 0 Å². The van der Waals surface area contributed by atoms with Crippen molar-refractivity contribution in [2.75, 3.05) is 0 Å². The van der Waals surface area contributed by atoms with Crippen LogP contribution >= 0.6 is 0 Å². The van der Waals surface area contributed by atoms with Gasteiger partial charge >= 0.3 is 5.97 Å². The first kappa shape index (κ1) is 14.2. The summed E-state index contributed by atoms with van der Waals surface area (Å²) in [5, 5.41) is 10.1. The van der Waals surface area contributed by atoms with Crippen LogP contribution in [0, 0.1) is 0 Å². The third kappa shape index (κ3) is 13.2. The Morgan fingerprint density at radius 1 is 0.933 bits per heavy atom. The molecule has 0 saturated carbocycles. The summed E-state index contributed by atoms with van der Waals surface area (Å²) in [5.41, 5.74) is 0. The van der Waals surface area contributed by atoms with Crippen molar-refractivity contribution in [2.24, 2.45) is 0 Å². The number of unbranched alkanes of at least 4 members (excludes halogenated alkanes) is 7. The number of allylic oxidation sites excluding steroid dienone is 1. The van der Waals surface area contributed by atoms with E-state index in [2.05, 4.69) is 6.92 Å². The largest absolute Gasteiger partial charge is 0.359 e. The maximum atomic E-state index is 10.1. The minimum atomic E-state index is -0.995. The van der Waals surface area contributed by atoms with Crippen molar-refractivity contribution in [2.45, 2.75) is 64.7 Å². The molecule has 2 heteroatoms. The van der Waals surface area contributed by atoms with Crippen LogP contribution in [0.25, 0.3) is 0 Å². The molecule has 0 aromatic heterocycles. The van der Waals surface area contributed by atoms with Gasteiger partial charge < -0.3 is 0 Å². The summed E-state index contributed by atoms with van der Waals surface area (Å²) in [6.45, 7) is 2.22. The fourth-order valence-corrected chi connectivity index (χ4v) is 1.52. The van der Waals surface area contributed by atoms with E-state index in [9.17, 15) is 9.90 Å². The molecule has 0 bridgehead atoms. The van der Waals surface area contributed by atoms with Crippen molar-refractivity contribution in [3.63, 3.8) is 0 Å². The Hall–Kier alpha value is -0.790. The van der Waals surface area contributed by atoms with Crippen molar-refractivity contribution < 1.29 is 9.90 Å². The average Bonchev–Trinajstić information content (AvgIpc) is 2.20. The highest BCUT2D eigenvalue weighted by atomic mass is 16.4. The zero-order chi connectivity index (χ0) is 11.4. The van der Waals surface area contributed by atoms with Gasteiger partial charge in [-0.25, -0.2) is 9.90 Å². The van der Waals surface area contributed by atoms with Crippen LogP contribution in [-0.2, 0) is 9.90 Å². The fourth-order valence-electron chi connectivity index (χ4n) is 1.52. The molecule has 0 N–H and O–H groups in total. The van der Waals surface area contributed by atoms with E-state index < -0.39 is 5.97 Å². The Labute approximate surface area is 93.4 Å². The van der Waals surface area contributed by atoms with Gasteiger partial charge in [-0.1, -0.05) is 57.6 Å². The first-order chi connectivity index (χ1) is 7.27. The molecular formula is C13H23O2. The lowest BCUT2D eigenvalue weighted by molar-refractivity contribution is -0.142. The predicted octanol–water partition coefficient (Wildman–Crippen LogP) is 4.03. The molecule has 0 rings (SSSR count). The first-order valence-electron chi connectivity index (χ1n) is 6.12. The van der Waals surface area contributed by atoms with Crippen LogP contribution in [-0.4, -0.2) is 5.97 Å². The van der Waals surface area contributed by atoms with Crippen LogP contribution in [0.5, 0.6) is 0 Å². The van der Waals surface area contributed by atoms with E-state index in [1.807, 2.05) is 6.08 Å². The normalized spacial score (nSPS) is 11.0. The van der Waals surface area contributed by atoms with Gasteiger partial charge in [-0.05, 0) is 12.8 Å². The molecule has 87 valence electrons. The standard InChI is InChI=1S/C13H23O2/c1-2-3-4-5-6-7-8-9-10-11-12-13(14)15/h10-11H,2-9,12H2,1H3. The monoisotopic (exact) mass is 211 g/mol. The SMILES string of the molecule is CCCCCCCCCC=CCC([O])=O. The van der Waals surface area contributed by atoms with E-state index in [0.29, 0.717) is 0 Å². The van der Waals surface area contributed by atoms with Crippen LogP contribution in [0.2, 0.25) is 0 Å². The van der Waals surface area contributed by atoms with Crippen LogP contribution in [0.4, 0.5) is 0 Å². The second-order valence-corrected chi connectivity index (χ2v) is 3.96. The Morgan fingerprint density at radius 3 is 2.13 bits per heavy atom. The molecule has 0 aromatic carbocycles. The number of hydrogen-bond donors (Lipinski definition) is 0. The van der Waals surface area contributed by atoms with Crippen LogP contribution in [0.15, 0.2) is 12.2 Å². The first-order valence-corrected chi connectivity index (χ1v) is 6.12. The molecule has 1 radical (unpaired) electrons. The van der Waals surface area contributed by atoms with E-state index in [1.54, 1.807) is 6.08 Å². The van der Waals surface area contributed by atoms with Gasteiger partial charge in [0.05, 0.1) is 6.42 Å². The molecule has 0 fully saturated rings. The Balaban J connectivity index is 3.04. The van der Waals surface area contributed by atoms with E-state index in [4.69, 9.17) is 0 Å². The summed E-state index contributed by atoms with van der Waals surface area (Å²) in [4.78, 5) is 10.1. The zero-order valence-electron chi connectivity index (χ0n) is 9.84. The number of hydrogen-bond acceptors (Lipinski definition) is 1. The lowest BCUT2D eigenvalue weighted by Crippen LogP contribution is -1.87. The smallest absolute Gasteiger partial charge is 0.247 e. The van der Waals surface area contributed by atoms with Gasteiger partial charge in [-0.15, -0.1) is 0 Å². The third-order valence-corrected chi connectivity index (χ3v) is 2.43. The molecule has 0 aliphatic rings. The van der Waals surface area contributed by atoms with Crippen molar-refractivity contribution in [1.82, 2.24) is 0 Å². The van der Waals surface area contributed by atoms with Crippen molar-refractivity contribution >= 4 is 5.97 Å². The minimum Gasteiger partial charge on any atom is -0.247 e. The summed E-state index contributed by atoms with van der Waals surface area (Å²) in [6, 6.07) is 0. The highest BCUT2D eigenvalue weighted by molar-refractivity contribution is 5.68. The molecule has 0 saturated heterocycles. The summed E-state index contributed by atoms with van der Waals surface area (Å²) in [5.74, 6) is -0.995. The molecule has 2 nitrogen and oxygen atoms in total. The molecule has 0 aromatic rings. The molecule has 0 heterocycles. The minimum absolute atomic E-state index is 0.0521. The number of rotatable bonds is 10. The summed E-state index contributed by atoms with van der Waals surface area (Å²) >= 11 is 0. The van der Waals surface area contributed by atoms with Crippen LogP contribution in [0.1, 0.15) is 64.7 Å². The van der Waals surface area contributed by atoms with Crippen LogP contribution in [0.3, 0.4) is 0 Å². The van der Waals surface area contributed by atoms with E-state index >= 15 is 0 Å².